The number of ketones is 1. The molecular formula is C37H37ClF3N3O3S. The van der Waals surface area contributed by atoms with Crippen LogP contribution in [0, 0.1) is 29.3 Å². The molecule has 48 heavy (non-hydrogen) atoms. The van der Waals surface area contributed by atoms with Gasteiger partial charge in [-0.1, -0.05) is 64.1 Å². The molecule has 5 aromatic rings. The molecule has 0 aliphatic carbocycles. The first kappa shape index (κ1) is 36.6. The van der Waals surface area contributed by atoms with Gasteiger partial charge < -0.3 is 9.88 Å². The van der Waals surface area contributed by atoms with Crippen LogP contribution in [0.1, 0.15) is 54.7 Å². The summed E-state index contributed by atoms with van der Waals surface area (Å²) in [5, 5.41) is 3.14. The Bertz CT molecular complexity index is 2000. The van der Waals surface area contributed by atoms with Crippen LogP contribution in [-0.2, 0) is 24.4 Å². The number of hydrogen-bond acceptors (Lipinski definition) is 5. The molecule has 0 saturated carbocycles. The Labute approximate surface area is 287 Å². The van der Waals surface area contributed by atoms with E-state index in [1.165, 1.54) is 41.8 Å². The molecule has 1 amide bonds. The van der Waals surface area contributed by atoms with Crippen LogP contribution in [0.3, 0.4) is 0 Å². The van der Waals surface area contributed by atoms with E-state index in [2.05, 4.69) is 5.32 Å². The third-order valence-corrected chi connectivity index (χ3v) is 9.27. The van der Waals surface area contributed by atoms with Crippen molar-refractivity contribution >= 4 is 51.3 Å². The summed E-state index contributed by atoms with van der Waals surface area (Å²) >= 11 is 1.27. The first-order chi connectivity index (χ1) is 22.3. The Morgan fingerprint density at radius 1 is 0.833 bits per heavy atom. The number of amides is 1. The number of carbonyl (C=O) groups is 2. The second kappa shape index (κ2) is 15.3. The van der Waals surface area contributed by atoms with Crippen molar-refractivity contribution in [2.45, 2.75) is 47.3 Å². The van der Waals surface area contributed by atoms with E-state index in [0.29, 0.717) is 26.5 Å². The Hall–Kier alpha value is -4.25. The molecule has 11 heteroatoms. The van der Waals surface area contributed by atoms with Crippen LogP contribution < -0.4 is 10.7 Å². The summed E-state index contributed by atoms with van der Waals surface area (Å²) in [5.74, 6) is -3.06. The standard InChI is InChI=1S/C37H36F3N3O3S.ClH/c1-21(2)33(44)28-20-43(19-26-30(39)11-8-12-31(26)40)37-32(34(28)45)27(18-42(5)17-24-9-6-7-10-29(24)38)35(47-37)23-13-15-25(16-14-23)41-36(46)22(3)4;/h6-16,20-22H,17-19H2,1-5H3,(H,41,46);1H. The number of pyridine rings is 1. The second-order valence-corrected chi connectivity index (χ2v) is 13.3. The van der Waals surface area contributed by atoms with Crippen LogP contribution in [-0.4, -0.2) is 28.2 Å². The number of rotatable bonds is 11. The summed E-state index contributed by atoms with van der Waals surface area (Å²) in [4.78, 5) is 42.9. The van der Waals surface area contributed by atoms with Gasteiger partial charge in [0, 0.05) is 52.8 Å². The monoisotopic (exact) mass is 695 g/mol. The minimum Gasteiger partial charge on any atom is -0.334 e. The molecule has 252 valence electrons. The van der Waals surface area contributed by atoms with E-state index in [4.69, 9.17) is 0 Å². The minimum absolute atomic E-state index is 0. The van der Waals surface area contributed by atoms with E-state index in [-0.39, 0.29) is 72.0 Å². The molecule has 0 unspecified atom stereocenters. The lowest BCUT2D eigenvalue weighted by Gasteiger charge is -2.19. The highest BCUT2D eigenvalue weighted by atomic mass is 35.5. The normalized spacial score (nSPS) is 11.4. The zero-order chi connectivity index (χ0) is 34.0. The molecule has 0 spiro atoms. The lowest BCUT2D eigenvalue weighted by atomic mass is 9.99. The average Bonchev–Trinajstić information content (AvgIpc) is 3.40. The fourth-order valence-corrected chi connectivity index (χ4v) is 6.66. The maximum atomic E-state index is 14.9. The van der Waals surface area contributed by atoms with Gasteiger partial charge in [0.05, 0.1) is 17.5 Å². The van der Waals surface area contributed by atoms with Crippen LogP contribution in [0.25, 0.3) is 20.7 Å². The largest absolute Gasteiger partial charge is 0.334 e. The molecule has 0 atom stereocenters. The highest BCUT2D eigenvalue weighted by Crippen LogP contribution is 2.39. The molecule has 5 rings (SSSR count). The summed E-state index contributed by atoms with van der Waals surface area (Å²) in [7, 11) is 1.81. The maximum Gasteiger partial charge on any atom is 0.226 e. The molecular weight excluding hydrogens is 659 g/mol. The first-order valence-corrected chi connectivity index (χ1v) is 16.2. The number of benzene rings is 3. The number of anilines is 1. The Morgan fingerprint density at radius 2 is 1.46 bits per heavy atom. The number of hydrogen-bond donors (Lipinski definition) is 1. The molecule has 2 aromatic heterocycles. The average molecular weight is 696 g/mol. The van der Waals surface area contributed by atoms with E-state index in [0.717, 1.165) is 5.56 Å². The minimum atomic E-state index is -0.741. The highest BCUT2D eigenvalue weighted by Gasteiger charge is 2.26. The van der Waals surface area contributed by atoms with Crippen molar-refractivity contribution < 1.29 is 22.8 Å². The van der Waals surface area contributed by atoms with E-state index >= 15 is 0 Å². The maximum absolute atomic E-state index is 14.9. The smallest absolute Gasteiger partial charge is 0.226 e. The first-order valence-electron chi connectivity index (χ1n) is 15.3. The molecule has 0 radical (unpaired) electrons. The number of carbonyl (C=O) groups excluding carboxylic acids is 2. The van der Waals surface area contributed by atoms with Gasteiger partial charge in [-0.2, -0.15) is 0 Å². The van der Waals surface area contributed by atoms with Gasteiger partial charge >= 0.3 is 0 Å². The summed E-state index contributed by atoms with van der Waals surface area (Å²) in [6.45, 7) is 7.17. The molecule has 1 N–H and O–H groups in total. The highest BCUT2D eigenvalue weighted by molar-refractivity contribution is 7.22. The number of halogens is 4. The van der Waals surface area contributed by atoms with Crippen LogP contribution in [0.4, 0.5) is 18.9 Å². The van der Waals surface area contributed by atoms with Crippen molar-refractivity contribution in [3.63, 3.8) is 0 Å². The molecule has 0 saturated heterocycles. The van der Waals surface area contributed by atoms with Gasteiger partial charge in [-0.15, -0.1) is 23.7 Å². The van der Waals surface area contributed by atoms with Crippen LogP contribution in [0.2, 0.25) is 0 Å². The number of aromatic nitrogens is 1. The van der Waals surface area contributed by atoms with E-state index in [9.17, 15) is 27.6 Å². The van der Waals surface area contributed by atoms with Gasteiger partial charge in [0.25, 0.3) is 0 Å². The number of nitrogens with one attached hydrogen (secondary N) is 1. The second-order valence-electron chi connectivity index (χ2n) is 12.3. The van der Waals surface area contributed by atoms with Crippen molar-refractivity contribution in [3.8, 4) is 10.4 Å². The summed E-state index contributed by atoms with van der Waals surface area (Å²) in [6.07, 6.45) is 1.40. The SMILES string of the molecule is CC(C)C(=O)Nc1ccc(-c2sc3c(c2CN(C)Cc2ccccc2F)c(=O)c(C(=O)C(C)C)cn3Cc2c(F)cccc2F)cc1.Cl. The van der Waals surface area contributed by atoms with Crippen LogP contribution in [0.15, 0.2) is 77.7 Å². The van der Waals surface area contributed by atoms with Crippen molar-refractivity contribution in [2.75, 3.05) is 12.4 Å². The Morgan fingerprint density at radius 3 is 2.06 bits per heavy atom. The zero-order valence-corrected chi connectivity index (χ0v) is 28.9. The number of Topliss-reactive ketones (excluding diaryl/α,β-unsaturated/α-hetero) is 1. The van der Waals surface area contributed by atoms with Crippen molar-refractivity contribution in [1.82, 2.24) is 9.47 Å². The van der Waals surface area contributed by atoms with Gasteiger partial charge in [-0.25, -0.2) is 13.2 Å². The number of fused-ring (bicyclic) bond motifs is 1. The zero-order valence-electron chi connectivity index (χ0n) is 27.3. The van der Waals surface area contributed by atoms with E-state index in [1.54, 1.807) is 69.6 Å². The van der Waals surface area contributed by atoms with Gasteiger partial charge in [0.15, 0.2) is 5.78 Å². The number of nitrogens with zero attached hydrogens (tertiary/aromatic N) is 2. The van der Waals surface area contributed by atoms with Crippen LogP contribution in [0.5, 0.6) is 0 Å². The fourth-order valence-electron chi connectivity index (χ4n) is 5.37. The summed E-state index contributed by atoms with van der Waals surface area (Å²) < 4.78 is 46.0. The molecule has 0 fully saturated rings. The molecule has 0 aliphatic heterocycles. The lowest BCUT2D eigenvalue weighted by molar-refractivity contribution is -0.118. The fraction of sp³-hybridized carbons (Fsp3) is 0.270. The van der Waals surface area contributed by atoms with Gasteiger partial charge in [0.2, 0.25) is 11.3 Å². The predicted octanol–water partition coefficient (Wildman–Crippen LogP) is 8.68. The predicted molar refractivity (Wildman–Crippen MR) is 188 cm³/mol. The van der Waals surface area contributed by atoms with Crippen molar-refractivity contribution in [3.05, 3.63) is 123 Å². The van der Waals surface area contributed by atoms with Crippen molar-refractivity contribution in [2.24, 2.45) is 11.8 Å². The third kappa shape index (κ3) is 7.72. The Kier molecular flexibility index (Phi) is 11.7. The lowest BCUT2D eigenvalue weighted by Crippen LogP contribution is -2.24. The van der Waals surface area contributed by atoms with Gasteiger partial charge in [0.1, 0.15) is 22.3 Å². The third-order valence-electron chi connectivity index (χ3n) is 7.95. The van der Waals surface area contributed by atoms with E-state index < -0.39 is 23.0 Å². The van der Waals surface area contributed by atoms with Gasteiger partial charge in [-0.05, 0) is 48.5 Å². The Balaban J connectivity index is 0.00000520. The van der Waals surface area contributed by atoms with Gasteiger partial charge in [-0.3, -0.25) is 19.3 Å². The molecule has 0 bridgehead atoms. The molecule has 0 aliphatic rings. The summed E-state index contributed by atoms with van der Waals surface area (Å²) in [6, 6.07) is 17.2. The molecule has 2 heterocycles. The van der Waals surface area contributed by atoms with E-state index in [1.807, 2.05) is 17.0 Å². The van der Waals surface area contributed by atoms with Crippen molar-refractivity contribution in [1.29, 1.82) is 0 Å². The quantitative estimate of drug-likeness (QED) is 0.140. The molecule has 3 aromatic carbocycles. The number of thiophene rings is 1. The molecule has 6 nitrogen and oxygen atoms in total. The van der Waals surface area contributed by atoms with Crippen LogP contribution >= 0.6 is 23.7 Å². The summed E-state index contributed by atoms with van der Waals surface area (Å²) in [5.41, 5.74) is 1.69. The topological polar surface area (TPSA) is 71.4 Å².